The molecule has 1 amide bonds. The van der Waals surface area contributed by atoms with Crippen LogP contribution in [0, 0.1) is 6.92 Å². The van der Waals surface area contributed by atoms with Crippen LogP contribution >= 0.6 is 0 Å². The van der Waals surface area contributed by atoms with Gasteiger partial charge in [-0.15, -0.1) is 0 Å². The lowest BCUT2D eigenvalue weighted by atomic mass is 10.2. The summed E-state index contributed by atoms with van der Waals surface area (Å²) < 4.78 is 0. The molecule has 1 aromatic carbocycles. The Kier molecular flexibility index (Phi) is 4.99. The van der Waals surface area contributed by atoms with Crippen molar-refractivity contribution < 1.29 is 9.90 Å². The topological polar surface area (TPSA) is 40.2 Å². The molecule has 0 unspecified atom stereocenters. The largest absolute Gasteiger partial charge is 0.312 e. The Morgan fingerprint density at radius 2 is 1.88 bits per heavy atom. The van der Waals surface area contributed by atoms with Gasteiger partial charge in [-0.3, -0.25) is 4.79 Å². The number of carbonyl (C=O) groups excluding carboxylic acids is 1. The molecular weight excluding hydrogens is 202 g/mol. The molecule has 0 aliphatic heterocycles. The third-order valence-electron chi connectivity index (χ3n) is 2.48. The van der Waals surface area contributed by atoms with Gasteiger partial charge in [0.15, 0.2) is 0 Å². The third-order valence-corrected chi connectivity index (χ3v) is 2.48. The molecule has 0 atom stereocenters. The Morgan fingerprint density at radius 3 is 2.38 bits per heavy atom. The minimum atomic E-state index is -0.140. The fourth-order valence-corrected chi connectivity index (χ4v) is 1.54. The molecular formula is C13H18NO2. The van der Waals surface area contributed by atoms with Crippen LogP contribution in [0.25, 0.3) is 0 Å². The molecule has 16 heavy (non-hydrogen) atoms. The van der Waals surface area contributed by atoms with E-state index in [1.54, 1.807) is 4.90 Å². The van der Waals surface area contributed by atoms with Crippen molar-refractivity contribution in [2.45, 2.75) is 26.7 Å². The molecule has 3 heteroatoms. The monoisotopic (exact) mass is 220 g/mol. The average molecular weight is 220 g/mol. The Labute approximate surface area is 96.7 Å². The minimum Gasteiger partial charge on any atom is -0.312 e. The average Bonchev–Trinajstić information content (AvgIpc) is 2.31. The van der Waals surface area contributed by atoms with E-state index in [0.29, 0.717) is 19.4 Å². The van der Waals surface area contributed by atoms with Crippen LogP contribution in [0.2, 0.25) is 0 Å². The molecule has 0 bridgehead atoms. The van der Waals surface area contributed by atoms with Gasteiger partial charge in [-0.25, -0.2) is 5.11 Å². The molecule has 0 aliphatic carbocycles. The van der Waals surface area contributed by atoms with Crippen LogP contribution in [0.15, 0.2) is 24.3 Å². The van der Waals surface area contributed by atoms with E-state index in [1.165, 1.54) is 0 Å². The molecule has 1 aromatic rings. The predicted octanol–water partition coefficient (Wildman–Crippen LogP) is 2.56. The summed E-state index contributed by atoms with van der Waals surface area (Å²) in [5.74, 6) is 0.0669. The molecule has 0 heterocycles. The first-order valence-corrected chi connectivity index (χ1v) is 5.64. The van der Waals surface area contributed by atoms with Crippen LogP contribution in [0.1, 0.15) is 25.3 Å². The lowest BCUT2D eigenvalue weighted by molar-refractivity contribution is -0.118. The summed E-state index contributed by atoms with van der Waals surface area (Å²) in [4.78, 5) is 13.4. The number of aryl methyl sites for hydroxylation is 1. The Balaban J connectivity index is 2.82. The molecule has 3 nitrogen and oxygen atoms in total. The summed E-state index contributed by atoms with van der Waals surface area (Å²) in [5.41, 5.74) is 2.04. The predicted molar refractivity (Wildman–Crippen MR) is 64.0 cm³/mol. The van der Waals surface area contributed by atoms with E-state index < -0.39 is 0 Å². The SMILES string of the molecule is CCC(=O)N(CCC[O])c1ccc(C)cc1. The van der Waals surface area contributed by atoms with Gasteiger partial charge in [0.1, 0.15) is 0 Å². The zero-order valence-corrected chi connectivity index (χ0v) is 9.90. The number of benzene rings is 1. The van der Waals surface area contributed by atoms with Gasteiger partial charge in [-0.1, -0.05) is 24.6 Å². The van der Waals surface area contributed by atoms with E-state index in [4.69, 9.17) is 0 Å². The van der Waals surface area contributed by atoms with Gasteiger partial charge >= 0.3 is 0 Å². The van der Waals surface area contributed by atoms with Crippen molar-refractivity contribution in [2.24, 2.45) is 0 Å². The van der Waals surface area contributed by atoms with Gasteiger partial charge in [0.25, 0.3) is 0 Å². The molecule has 0 fully saturated rings. The highest BCUT2D eigenvalue weighted by Gasteiger charge is 2.12. The summed E-state index contributed by atoms with van der Waals surface area (Å²) in [6.45, 7) is 4.21. The van der Waals surface area contributed by atoms with Crippen molar-refractivity contribution in [1.29, 1.82) is 0 Å². The van der Waals surface area contributed by atoms with Crippen molar-refractivity contribution in [1.82, 2.24) is 0 Å². The quantitative estimate of drug-likeness (QED) is 0.751. The number of nitrogens with zero attached hydrogens (tertiary/aromatic N) is 1. The lowest BCUT2D eigenvalue weighted by Gasteiger charge is -2.22. The van der Waals surface area contributed by atoms with Gasteiger partial charge in [0, 0.05) is 18.7 Å². The molecule has 87 valence electrons. The van der Waals surface area contributed by atoms with E-state index >= 15 is 0 Å². The zero-order valence-electron chi connectivity index (χ0n) is 9.90. The minimum absolute atomic E-state index is 0.0669. The smallest absolute Gasteiger partial charge is 0.226 e. The molecule has 1 radical (unpaired) electrons. The molecule has 0 aromatic heterocycles. The Bertz CT molecular complexity index is 332. The number of hydrogen-bond donors (Lipinski definition) is 0. The summed E-state index contributed by atoms with van der Waals surface area (Å²) in [5, 5.41) is 10.5. The maximum absolute atomic E-state index is 11.7. The van der Waals surface area contributed by atoms with Gasteiger partial charge in [0.05, 0.1) is 6.61 Å². The Morgan fingerprint density at radius 1 is 1.25 bits per heavy atom. The maximum Gasteiger partial charge on any atom is 0.226 e. The highest BCUT2D eigenvalue weighted by molar-refractivity contribution is 5.93. The van der Waals surface area contributed by atoms with Gasteiger partial charge < -0.3 is 4.90 Å². The van der Waals surface area contributed by atoms with Crippen molar-refractivity contribution in [2.75, 3.05) is 18.1 Å². The van der Waals surface area contributed by atoms with Crippen molar-refractivity contribution >= 4 is 11.6 Å². The second-order valence-electron chi connectivity index (χ2n) is 3.79. The van der Waals surface area contributed by atoms with E-state index in [-0.39, 0.29) is 12.5 Å². The molecule has 0 aliphatic rings. The first-order chi connectivity index (χ1) is 7.69. The summed E-state index contributed by atoms with van der Waals surface area (Å²) >= 11 is 0. The van der Waals surface area contributed by atoms with Crippen LogP contribution in [0.3, 0.4) is 0 Å². The van der Waals surface area contributed by atoms with E-state index in [1.807, 2.05) is 38.1 Å². The van der Waals surface area contributed by atoms with Crippen molar-refractivity contribution in [3.63, 3.8) is 0 Å². The number of amides is 1. The van der Waals surface area contributed by atoms with Crippen LogP contribution in [0.5, 0.6) is 0 Å². The molecule has 1 rings (SSSR count). The van der Waals surface area contributed by atoms with Gasteiger partial charge in [-0.2, -0.15) is 0 Å². The fourth-order valence-electron chi connectivity index (χ4n) is 1.54. The van der Waals surface area contributed by atoms with Crippen molar-refractivity contribution in [3.8, 4) is 0 Å². The van der Waals surface area contributed by atoms with Crippen LogP contribution in [0.4, 0.5) is 5.69 Å². The maximum atomic E-state index is 11.7. The second-order valence-corrected chi connectivity index (χ2v) is 3.79. The van der Waals surface area contributed by atoms with Gasteiger partial charge in [-0.05, 0) is 25.5 Å². The zero-order chi connectivity index (χ0) is 12.0. The lowest BCUT2D eigenvalue weighted by Crippen LogP contribution is -2.31. The number of rotatable bonds is 5. The molecule has 0 N–H and O–H groups in total. The van der Waals surface area contributed by atoms with Crippen LogP contribution in [-0.2, 0) is 9.90 Å². The fraction of sp³-hybridized carbons (Fsp3) is 0.462. The normalized spacial score (nSPS) is 10.2. The molecule has 0 saturated carbocycles. The second kappa shape index (κ2) is 6.28. The summed E-state index contributed by atoms with van der Waals surface area (Å²) in [7, 11) is 0. The highest BCUT2D eigenvalue weighted by Crippen LogP contribution is 2.16. The molecule has 0 spiro atoms. The number of hydrogen-bond acceptors (Lipinski definition) is 1. The van der Waals surface area contributed by atoms with E-state index in [2.05, 4.69) is 0 Å². The van der Waals surface area contributed by atoms with Crippen LogP contribution in [-0.4, -0.2) is 19.1 Å². The summed E-state index contributed by atoms with van der Waals surface area (Å²) in [6, 6.07) is 7.80. The van der Waals surface area contributed by atoms with Gasteiger partial charge in [0.2, 0.25) is 5.91 Å². The first-order valence-electron chi connectivity index (χ1n) is 5.64. The molecule has 0 saturated heterocycles. The first kappa shape index (κ1) is 12.7. The standard InChI is InChI=1S/C13H18NO2/c1-3-13(16)14(9-4-10-15)12-7-5-11(2)6-8-12/h5-8H,3-4,9-10H2,1-2H3. The number of carbonyl (C=O) groups is 1. The number of anilines is 1. The highest BCUT2D eigenvalue weighted by atomic mass is 16.3. The van der Waals surface area contributed by atoms with Crippen molar-refractivity contribution in [3.05, 3.63) is 29.8 Å². The summed E-state index contributed by atoms with van der Waals surface area (Å²) in [6.07, 6.45) is 0.965. The van der Waals surface area contributed by atoms with E-state index in [9.17, 15) is 9.90 Å². The third kappa shape index (κ3) is 3.35. The van der Waals surface area contributed by atoms with Crippen LogP contribution < -0.4 is 4.90 Å². The van der Waals surface area contributed by atoms with E-state index in [0.717, 1.165) is 11.3 Å². The Hall–Kier alpha value is -1.35.